The number of nitrogens with one attached hydrogen (secondary N) is 2. The number of likely N-dealkylation sites (N-methyl/N-ethyl adjacent to an activating group) is 1. The van der Waals surface area contributed by atoms with Crippen molar-refractivity contribution >= 4 is 5.96 Å². The molecule has 1 heterocycles. The van der Waals surface area contributed by atoms with Crippen molar-refractivity contribution in [2.24, 2.45) is 10.4 Å². The molecule has 2 unspecified atom stereocenters. The SMILES string of the molecule is CCNC(=NCCN1CCCN(C)CC1)NC1CC(OCC)C1(CC)CC. The highest BCUT2D eigenvalue weighted by atomic mass is 16.5. The van der Waals surface area contributed by atoms with Crippen LogP contribution >= 0.6 is 0 Å². The summed E-state index contributed by atoms with van der Waals surface area (Å²) in [4.78, 5) is 9.86. The minimum absolute atomic E-state index is 0.238. The van der Waals surface area contributed by atoms with E-state index in [2.05, 4.69) is 55.2 Å². The fourth-order valence-corrected chi connectivity index (χ4v) is 4.70. The predicted molar refractivity (Wildman–Crippen MR) is 115 cm³/mol. The van der Waals surface area contributed by atoms with Gasteiger partial charge in [0.05, 0.1) is 12.6 Å². The van der Waals surface area contributed by atoms with Gasteiger partial charge >= 0.3 is 0 Å². The average molecular weight is 382 g/mol. The third-order valence-corrected chi connectivity index (χ3v) is 6.62. The molecule has 2 N–H and O–H groups in total. The Labute approximate surface area is 167 Å². The van der Waals surface area contributed by atoms with E-state index in [0.717, 1.165) is 58.0 Å². The maximum Gasteiger partial charge on any atom is 0.191 e. The van der Waals surface area contributed by atoms with Gasteiger partial charge in [-0.25, -0.2) is 0 Å². The van der Waals surface area contributed by atoms with Crippen LogP contribution in [0.2, 0.25) is 0 Å². The predicted octanol–water partition coefficient (Wildman–Crippen LogP) is 2.16. The second-order valence-corrected chi connectivity index (χ2v) is 8.08. The largest absolute Gasteiger partial charge is 0.378 e. The Kier molecular flexibility index (Phi) is 9.33. The van der Waals surface area contributed by atoms with E-state index in [1.165, 1.54) is 26.1 Å². The van der Waals surface area contributed by atoms with Crippen LogP contribution in [0.25, 0.3) is 0 Å². The summed E-state index contributed by atoms with van der Waals surface area (Å²) >= 11 is 0. The van der Waals surface area contributed by atoms with Crippen molar-refractivity contribution in [1.82, 2.24) is 20.4 Å². The summed E-state index contributed by atoms with van der Waals surface area (Å²) in [7, 11) is 2.22. The van der Waals surface area contributed by atoms with Gasteiger partial charge in [0, 0.05) is 44.2 Å². The summed E-state index contributed by atoms with van der Waals surface area (Å²) in [5, 5.41) is 7.17. The summed E-state index contributed by atoms with van der Waals surface area (Å²) < 4.78 is 6.02. The molecule has 158 valence electrons. The quantitative estimate of drug-likeness (QED) is 0.473. The molecule has 27 heavy (non-hydrogen) atoms. The third kappa shape index (κ3) is 5.81. The highest BCUT2D eigenvalue weighted by Crippen LogP contribution is 2.48. The highest BCUT2D eigenvalue weighted by Gasteiger charge is 2.53. The van der Waals surface area contributed by atoms with E-state index in [1.54, 1.807) is 0 Å². The maximum absolute atomic E-state index is 6.02. The van der Waals surface area contributed by atoms with Crippen molar-refractivity contribution in [2.45, 2.75) is 65.5 Å². The van der Waals surface area contributed by atoms with E-state index in [9.17, 15) is 0 Å². The number of hydrogen-bond donors (Lipinski definition) is 2. The minimum Gasteiger partial charge on any atom is -0.378 e. The van der Waals surface area contributed by atoms with E-state index in [1.807, 2.05) is 0 Å². The lowest BCUT2D eigenvalue weighted by Gasteiger charge is -2.55. The summed E-state index contributed by atoms with van der Waals surface area (Å²) in [5.41, 5.74) is 0.238. The summed E-state index contributed by atoms with van der Waals surface area (Å²) in [5.74, 6) is 0.968. The molecule has 1 aliphatic heterocycles. The molecule has 0 aromatic heterocycles. The molecule has 1 aliphatic carbocycles. The summed E-state index contributed by atoms with van der Waals surface area (Å²) in [6.45, 7) is 17.2. The van der Waals surface area contributed by atoms with E-state index >= 15 is 0 Å². The van der Waals surface area contributed by atoms with Gasteiger partial charge in [-0.15, -0.1) is 0 Å². The van der Waals surface area contributed by atoms with Gasteiger partial charge in [-0.1, -0.05) is 13.8 Å². The zero-order valence-electron chi connectivity index (χ0n) is 18.4. The number of rotatable bonds is 9. The first-order valence-electron chi connectivity index (χ1n) is 11.2. The minimum atomic E-state index is 0.238. The molecular weight excluding hydrogens is 338 g/mol. The molecule has 0 radical (unpaired) electrons. The van der Waals surface area contributed by atoms with Crippen LogP contribution in [0.4, 0.5) is 0 Å². The first-order chi connectivity index (χ1) is 13.1. The third-order valence-electron chi connectivity index (χ3n) is 6.62. The van der Waals surface area contributed by atoms with Gasteiger partial charge in [0.2, 0.25) is 0 Å². The highest BCUT2D eigenvalue weighted by molar-refractivity contribution is 5.80. The van der Waals surface area contributed by atoms with Crippen molar-refractivity contribution in [3.8, 4) is 0 Å². The molecule has 2 fully saturated rings. The number of hydrogen-bond acceptors (Lipinski definition) is 4. The molecule has 2 rings (SSSR count). The van der Waals surface area contributed by atoms with Crippen molar-refractivity contribution in [3.63, 3.8) is 0 Å². The molecule has 2 atom stereocenters. The van der Waals surface area contributed by atoms with Gasteiger partial charge < -0.3 is 25.2 Å². The standard InChI is InChI=1S/C21H43N5O/c1-6-21(7-2)18(17-19(21)27-9-4)24-20(22-8-3)23-11-14-26-13-10-12-25(5)15-16-26/h18-19H,6-17H2,1-5H3,(H2,22,23,24). The molecular formula is C21H43N5O. The number of ether oxygens (including phenoxy) is 1. The second-order valence-electron chi connectivity index (χ2n) is 8.08. The summed E-state index contributed by atoms with van der Waals surface area (Å²) in [6.07, 6.45) is 5.01. The Morgan fingerprint density at radius 1 is 1.11 bits per heavy atom. The number of nitrogens with zero attached hydrogens (tertiary/aromatic N) is 3. The van der Waals surface area contributed by atoms with Gasteiger partial charge in [0.15, 0.2) is 5.96 Å². The van der Waals surface area contributed by atoms with Gasteiger partial charge in [-0.05, 0) is 59.7 Å². The molecule has 1 saturated heterocycles. The first-order valence-corrected chi connectivity index (χ1v) is 11.2. The van der Waals surface area contributed by atoms with E-state index < -0.39 is 0 Å². The summed E-state index contributed by atoms with van der Waals surface area (Å²) in [6, 6.07) is 0.452. The van der Waals surface area contributed by atoms with Gasteiger partial charge in [-0.3, -0.25) is 4.99 Å². The molecule has 6 nitrogen and oxygen atoms in total. The first kappa shape index (κ1) is 22.4. The molecule has 0 aromatic rings. The second kappa shape index (κ2) is 11.2. The topological polar surface area (TPSA) is 52.1 Å². The van der Waals surface area contributed by atoms with Crippen LogP contribution in [0.1, 0.15) is 53.4 Å². The zero-order chi connectivity index (χ0) is 19.7. The van der Waals surface area contributed by atoms with Crippen LogP contribution in [0.3, 0.4) is 0 Å². The Morgan fingerprint density at radius 3 is 2.56 bits per heavy atom. The maximum atomic E-state index is 6.02. The van der Waals surface area contributed by atoms with E-state index in [-0.39, 0.29) is 5.41 Å². The lowest BCUT2D eigenvalue weighted by Crippen LogP contribution is -2.65. The molecule has 0 aromatic carbocycles. The number of guanidine groups is 1. The molecule has 0 bridgehead atoms. The fourth-order valence-electron chi connectivity index (χ4n) is 4.70. The van der Waals surface area contributed by atoms with E-state index in [4.69, 9.17) is 9.73 Å². The van der Waals surface area contributed by atoms with Gasteiger partial charge in [-0.2, -0.15) is 0 Å². The normalized spacial score (nSPS) is 27.1. The Hall–Kier alpha value is -0.850. The van der Waals surface area contributed by atoms with Crippen LogP contribution in [0.15, 0.2) is 4.99 Å². The monoisotopic (exact) mass is 381 g/mol. The molecule has 0 spiro atoms. The zero-order valence-corrected chi connectivity index (χ0v) is 18.4. The molecule has 2 aliphatic rings. The van der Waals surface area contributed by atoms with Crippen LogP contribution in [-0.2, 0) is 4.74 Å². The van der Waals surface area contributed by atoms with Crippen molar-refractivity contribution < 1.29 is 4.74 Å². The molecule has 1 saturated carbocycles. The Balaban J connectivity index is 1.89. The number of aliphatic imine (C=N–C) groups is 1. The van der Waals surface area contributed by atoms with Crippen molar-refractivity contribution in [3.05, 3.63) is 0 Å². The Morgan fingerprint density at radius 2 is 1.89 bits per heavy atom. The molecule has 6 heteroatoms. The molecule has 0 amide bonds. The van der Waals surface area contributed by atoms with Crippen LogP contribution in [-0.4, -0.2) is 87.4 Å². The van der Waals surface area contributed by atoms with Crippen molar-refractivity contribution in [2.75, 3.05) is 59.5 Å². The van der Waals surface area contributed by atoms with Gasteiger partial charge in [0.25, 0.3) is 0 Å². The lowest BCUT2D eigenvalue weighted by atomic mass is 9.58. The van der Waals surface area contributed by atoms with Crippen LogP contribution in [0, 0.1) is 5.41 Å². The Bertz CT molecular complexity index is 452. The average Bonchev–Trinajstić information content (AvgIpc) is 2.86. The van der Waals surface area contributed by atoms with Crippen molar-refractivity contribution in [1.29, 1.82) is 0 Å². The van der Waals surface area contributed by atoms with Crippen LogP contribution < -0.4 is 10.6 Å². The lowest BCUT2D eigenvalue weighted by molar-refractivity contribution is -0.133. The van der Waals surface area contributed by atoms with Crippen LogP contribution in [0.5, 0.6) is 0 Å². The van der Waals surface area contributed by atoms with E-state index in [0.29, 0.717) is 12.1 Å². The fraction of sp³-hybridized carbons (Fsp3) is 0.952. The van der Waals surface area contributed by atoms with Gasteiger partial charge in [0.1, 0.15) is 0 Å². The smallest absolute Gasteiger partial charge is 0.191 e.